The predicted molar refractivity (Wildman–Crippen MR) is 58.8 cm³/mol. The van der Waals surface area contributed by atoms with Crippen LogP contribution >= 0.6 is 0 Å². The Morgan fingerprint density at radius 2 is 1.94 bits per heavy atom. The number of carbonyl (C=O) groups is 2. The van der Waals surface area contributed by atoms with Crippen LogP contribution in [0, 0.1) is 0 Å². The first-order chi connectivity index (χ1) is 7.59. The van der Waals surface area contributed by atoms with Gasteiger partial charge in [-0.3, -0.25) is 9.59 Å². The Balaban J connectivity index is 2.01. The number of amides is 1. The Bertz CT molecular complexity index is 510. The van der Waals surface area contributed by atoms with Crippen molar-refractivity contribution in [3.05, 3.63) is 29.3 Å². The molecule has 1 unspecified atom stereocenters. The van der Waals surface area contributed by atoms with Gasteiger partial charge in [-0.25, -0.2) is 0 Å². The Kier molecular flexibility index (Phi) is 1.67. The third-order valence-electron chi connectivity index (χ3n) is 3.45. The number of rotatable bonds is 0. The van der Waals surface area contributed by atoms with Crippen LogP contribution < -0.4 is 11.1 Å². The molecule has 1 heterocycles. The van der Waals surface area contributed by atoms with E-state index >= 15 is 0 Å². The molecule has 1 amide bonds. The molecule has 1 aliphatic carbocycles. The largest absolute Gasteiger partial charge is 0.399 e. The monoisotopic (exact) mass is 216 g/mol. The first-order valence-corrected chi connectivity index (χ1v) is 5.31. The second-order valence-corrected chi connectivity index (χ2v) is 4.61. The fourth-order valence-electron chi connectivity index (χ4n) is 2.68. The van der Waals surface area contributed by atoms with Crippen LogP contribution in [0.4, 0.5) is 5.69 Å². The van der Waals surface area contributed by atoms with Crippen LogP contribution in [0.3, 0.4) is 0 Å². The van der Waals surface area contributed by atoms with Crippen molar-refractivity contribution in [1.29, 1.82) is 0 Å². The number of nitrogens with two attached hydrogens (primary N) is 1. The van der Waals surface area contributed by atoms with Crippen molar-refractivity contribution < 1.29 is 9.59 Å². The molecule has 1 fully saturated rings. The molecule has 3 N–H and O–H groups in total. The molecule has 4 heteroatoms. The number of hydrogen-bond acceptors (Lipinski definition) is 3. The second-order valence-electron chi connectivity index (χ2n) is 4.61. The van der Waals surface area contributed by atoms with Gasteiger partial charge in [-0.1, -0.05) is 6.07 Å². The fraction of sp³-hybridized carbons (Fsp3) is 0.333. The van der Waals surface area contributed by atoms with Crippen LogP contribution in [-0.2, 0) is 22.4 Å². The molecule has 1 saturated heterocycles. The maximum atomic E-state index is 11.8. The third kappa shape index (κ3) is 1.16. The highest BCUT2D eigenvalue weighted by Crippen LogP contribution is 2.35. The van der Waals surface area contributed by atoms with Crippen LogP contribution in [-0.4, -0.2) is 17.2 Å². The van der Waals surface area contributed by atoms with Crippen molar-refractivity contribution in [1.82, 2.24) is 5.32 Å². The van der Waals surface area contributed by atoms with Gasteiger partial charge in [0.2, 0.25) is 5.91 Å². The van der Waals surface area contributed by atoms with Gasteiger partial charge < -0.3 is 11.1 Å². The van der Waals surface area contributed by atoms with Crippen LogP contribution in [0.5, 0.6) is 0 Å². The maximum Gasteiger partial charge on any atom is 0.228 e. The summed E-state index contributed by atoms with van der Waals surface area (Å²) in [5.74, 6) is -0.155. The molecular weight excluding hydrogens is 204 g/mol. The second kappa shape index (κ2) is 2.84. The molecule has 3 rings (SSSR count). The number of carbonyl (C=O) groups excluding carboxylic acids is 2. The molecule has 1 aromatic carbocycles. The van der Waals surface area contributed by atoms with Gasteiger partial charge in [0, 0.05) is 18.5 Å². The number of nitrogens with one attached hydrogen (secondary N) is 1. The van der Waals surface area contributed by atoms with E-state index < -0.39 is 5.54 Å². The fourth-order valence-corrected chi connectivity index (χ4v) is 2.68. The summed E-state index contributed by atoms with van der Waals surface area (Å²) in [6, 6.07) is 5.66. The topological polar surface area (TPSA) is 72.2 Å². The molecule has 2 aliphatic rings. The number of benzene rings is 1. The maximum absolute atomic E-state index is 11.8. The number of anilines is 1. The van der Waals surface area contributed by atoms with Crippen molar-refractivity contribution in [2.24, 2.45) is 0 Å². The summed E-state index contributed by atoms with van der Waals surface area (Å²) >= 11 is 0. The third-order valence-corrected chi connectivity index (χ3v) is 3.45. The van der Waals surface area contributed by atoms with Gasteiger partial charge in [-0.05, 0) is 23.3 Å². The van der Waals surface area contributed by atoms with E-state index in [4.69, 9.17) is 5.73 Å². The minimum absolute atomic E-state index is 0.00673. The molecular formula is C12H12N2O2. The minimum atomic E-state index is -0.673. The number of hydrogen-bond donors (Lipinski definition) is 2. The zero-order chi connectivity index (χ0) is 11.3. The van der Waals surface area contributed by atoms with E-state index in [1.165, 1.54) is 0 Å². The van der Waals surface area contributed by atoms with Gasteiger partial charge in [0.25, 0.3) is 0 Å². The normalized spacial score (nSPS) is 27.2. The molecule has 0 aromatic heterocycles. The minimum Gasteiger partial charge on any atom is -0.399 e. The summed E-state index contributed by atoms with van der Waals surface area (Å²) in [4.78, 5) is 23.1. The van der Waals surface area contributed by atoms with E-state index in [1.54, 1.807) is 0 Å². The van der Waals surface area contributed by atoms with Crippen LogP contribution in [0.15, 0.2) is 18.2 Å². The SMILES string of the molecule is Nc1ccc2c(c1)CC1(C2)NC(=O)CC1=O. The van der Waals surface area contributed by atoms with Crippen molar-refractivity contribution in [2.45, 2.75) is 24.8 Å². The van der Waals surface area contributed by atoms with E-state index in [0.29, 0.717) is 18.5 Å². The lowest BCUT2D eigenvalue weighted by Gasteiger charge is -2.20. The Labute approximate surface area is 92.8 Å². The molecule has 16 heavy (non-hydrogen) atoms. The van der Waals surface area contributed by atoms with Gasteiger partial charge in [-0.2, -0.15) is 0 Å². The Hall–Kier alpha value is -1.84. The van der Waals surface area contributed by atoms with Crippen LogP contribution in [0.25, 0.3) is 0 Å². The van der Waals surface area contributed by atoms with Crippen molar-refractivity contribution in [2.75, 3.05) is 5.73 Å². The Morgan fingerprint density at radius 3 is 2.62 bits per heavy atom. The number of fused-ring (bicyclic) bond motifs is 1. The molecule has 1 atom stereocenters. The smallest absolute Gasteiger partial charge is 0.228 e. The summed E-state index contributed by atoms with van der Waals surface area (Å²) in [6.45, 7) is 0. The predicted octanol–water partition coefficient (Wildman–Crippen LogP) is 0.195. The van der Waals surface area contributed by atoms with Gasteiger partial charge in [0.05, 0.1) is 6.42 Å². The lowest BCUT2D eigenvalue weighted by molar-refractivity contribution is -0.123. The molecule has 82 valence electrons. The highest BCUT2D eigenvalue weighted by atomic mass is 16.2. The van der Waals surface area contributed by atoms with Gasteiger partial charge in [0.1, 0.15) is 5.54 Å². The summed E-state index contributed by atoms with van der Waals surface area (Å²) in [6.07, 6.45) is 1.20. The summed E-state index contributed by atoms with van der Waals surface area (Å²) in [7, 11) is 0. The average Bonchev–Trinajstić information content (AvgIpc) is 2.67. The number of Topliss-reactive ketones (excluding diaryl/α,β-unsaturated/α-hetero) is 1. The van der Waals surface area contributed by atoms with E-state index in [0.717, 1.165) is 11.1 Å². The van der Waals surface area contributed by atoms with E-state index in [-0.39, 0.29) is 18.1 Å². The summed E-state index contributed by atoms with van der Waals surface area (Å²) in [5, 5.41) is 2.82. The van der Waals surface area contributed by atoms with Gasteiger partial charge >= 0.3 is 0 Å². The highest BCUT2D eigenvalue weighted by Gasteiger charge is 2.49. The quantitative estimate of drug-likeness (QED) is 0.480. The lowest BCUT2D eigenvalue weighted by atomic mass is 9.93. The van der Waals surface area contributed by atoms with Crippen molar-refractivity contribution >= 4 is 17.4 Å². The average molecular weight is 216 g/mol. The van der Waals surface area contributed by atoms with E-state index in [9.17, 15) is 9.59 Å². The highest BCUT2D eigenvalue weighted by molar-refractivity contribution is 6.10. The number of nitrogen functional groups attached to an aromatic ring is 1. The molecule has 4 nitrogen and oxygen atoms in total. The molecule has 0 bridgehead atoms. The zero-order valence-electron chi connectivity index (χ0n) is 8.75. The first kappa shape index (κ1) is 9.39. The van der Waals surface area contributed by atoms with Gasteiger partial charge in [-0.15, -0.1) is 0 Å². The zero-order valence-corrected chi connectivity index (χ0v) is 8.75. The molecule has 1 aromatic rings. The van der Waals surface area contributed by atoms with Crippen LogP contribution in [0.2, 0.25) is 0 Å². The van der Waals surface area contributed by atoms with Gasteiger partial charge in [0.15, 0.2) is 5.78 Å². The van der Waals surface area contributed by atoms with Crippen molar-refractivity contribution in [3.63, 3.8) is 0 Å². The van der Waals surface area contributed by atoms with Crippen molar-refractivity contribution in [3.8, 4) is 0 Å². The summed E-state index contributed by atoms with van der Waals surface area (Å²) in [5.41, 5.74) is 7.93. The molecule has 1 spiro atoms. The van der Waals surface area contributed by atoms with E-state index in [1.807, 2.05) is 18.2 Å². The molecule has 0 saturated carbocycles. The van der Waals surface area contributed by atoms with E-state index in [2.05, 4.69) is 5.32 Å². The Morgan fingerprint density at radius 1 is 1.19 bits per heavy atom. The van der Waals surface area contributed by atoms with Crippen LogP contribution in [0.1, 0.15) is 17.5 Å². The number of ketones is 1. The molecule has 0 radical (unpaired) electrons. The lowest BCUT2D eigenvalue weighted by Crippen LogP contribution is -2.47. The first-order valence-electron chi connectivity index (χ1n) is 5.31. The standard InChI is InChI=1S/C12H12N2O2/c13-9-2-1-7-5-12(6-8(7)3-9)10(15)4-11(16)14-12/h1-3H,4-6,13H2,(H,14,16). The molecule has 1 aliphatic heterocycles. The summed E-state index contributed by atoms with van der Waals surface area (Å²) < 4.78 is 0.